The highest BCUT2D eigenvalue weighted by atomic mass is 16.6. The Bertz CT molecular complexity index is 575. The summed E-state index contributed by atoms with van der Waals surface area (Å²) in [4.78, 5) is 35.9. The van der Waals surface area contributed by atoms with Crippen LogP contribution in [0, 0.1) is 16.7 Å². The Labute approximate surface area is 122 Å². The molecule has 0 saturated carbocycles. The molecule has 112 valence electrons. The van der Waals surface area contributed by atoms with E-state index in [1.165, 1.54) is 12.1 Å². The molecule has 0 aliphatic rings. The number of carbonyl (C=O) groups is 2. The van der Waals surface area contributed by atoms with Gasteiger partial charge in [-0.1, -0.05) is 26.0 Å². The van der Waals surface area contributed by atoms with Crippen molar-refractivity contribution in [1.29, 1.82) is 0 Å². The Hall–Kier alpha value is -2.75. The van der Waals surface area contributed by atoms with Crippen molar-refractivity contribution in [2.45, 2.75) is 27.2 Å². The summed E-state index contributed by atoms with van der Waals surface area (Å²) in [5.74, 6) is -1.88. The van der Waals surface area contributed by atoms with Gasteiger partial charge in [0, 0.05) is 18.1 Å². The van der Waals surface area contributed by atoms with Crippen molar-refractivity contribution < 1.29 is 19.2 Å². The van der Waals surface area contributed by atoms with Crippen molar-refractivity contribution >= 4 is 23.1 Å². The number of hydrogen-bond acceptors (Lipinski definition) is 5. The second-order valence-corrected chi connectivity index (χ2v) is 3.50. The normalized spacial score (nSPS) is 8.86. The summed E-state index contributed by atoms with van der Waals surface area (Å²) in [7, 11) is 0. The number of rotatable bonds is 5. The van der Waals surface area contributed by atoms with Crippen LogP contribution >= 0.6 is 0 Å². The molecule has 1 rings (SSSR count). The highest BCUT2D eigenvalue weighted by molar-refractivity contribution is 6.34. The fourth-order valence-corrected chi connectivity index (χ4v) is 1.40. The van der Waals surface area contributed by atoms with Crippen LogP contribution in [0.25, 0.3) is 4.85 Å². The molecule has 1 aromatic rings. The number of esters is 1. The maximum absolute atomic E-state index is 11.5. The summed E-state index contributed by atoms with van der Waals surface area (Å²) < 4.78 is 4.51. The molecule has 1 aromatic carbocycles. The first kappa shape index (κ1) is 18.2. The minimum atomic E-state index is -1.02. The second-order valence-electron chi connectivity index (χ2n) is 3.50. The van der Waals surface area contributed by atoms with Crippen molar-refractivity contribution in [3.05, 3.63) is 45.3 Å². The molecule has 0 spiro atoms. The maximum atomic E-state index is 11.5. The van der Waals surface area contributed by atoms with E-state index in [1.807, 2.05) is 13.8 Å². The lowest BCUT2D eigenvalue weighted by Crippen LogP contribution is -2.19. The molecule has 0 unspecified atom stereocenters. The summed E-state index contributed by atoms with van der Waals surface area (Å²) in [6.07, 6.45) is -0.423. The summed E-state index contributed by atoms with van der Waals surface area (Å²) in [5.41, 5.74) is -0.180. The number of nitrogens with zero attached hydrogens (tertiary/aromatic N) is 2. The Morgan fingerprint density at radius 2 is 2.00 bits per heavy atom. The van der Waals surface area contributed by atoms with Gasteiger partial charge in [-0.3, -0.25) is 14.9 Å². The zero-order valence-corrected chi connectivity index (χ0v) is 12.1. The average Bonchev–Trinajstić information content (AvgIpc) is 2.49. The molecule has 0 atom stereocenters. The summed E-state index contributed by atoms with van der Waals surface area (Å²) in [5, 5.41) is 10.8. The van der Waals surface area contributed by atoms with Gasteiger partial charge in [0.1, 0.15) is 0 Å². The minimum absolute atomic E-state index is 0.0589. The number of benzene rings is 1. The molecule has 0 bridgehead atoms. The van der Waals surface area contributed by atoms with Crippen molar-refractivity contribution in [1.82, 2.24) is 0 Å². The Balaban J connectivity index is 0.00000191. The van der Waals surface area contributed by atoms with E-state index in [1.54, 1.807) is 6.92 Å². The van der Waals surface area contributed by atoms with E-state index >= 15 is 0 Å². The molecule has 0 saturated heterocycles. The summed E-state index contributed by atoms with van der Waals surface area (Å²) in [6, 6.07) is 3.72. The number of nitro groups is 1. The molecular formula is C14H16N2O5. The lowest BCUT2D eigenvalue weighted by molar-refractivity contribution is -0.385. The lowest BCUT2D eigenvalue weighted by atomic mass is 10.1. The number of carbonyl (C=O) groups excluding carboxylic acids is 2. The van der Waals surface area contributed by atoms with Crippen LogP contribution in [0.4, 0.5) is 11.4 Å². The number of nitro benzene ring substituents is 1. The van der Waals surface area contributed by atoms with E-state index in [4.69, 9.17) is 6.57 Å². The Morgan fingerprint density at radius 3 is 2.48 bits per heavy atom. The number of ether oxygens (including phenoxy) is 1. The van der Waals surface area contributed by atoms with Crippen LogP contribution in [-0.4, -0.2) is 23.3 Å². The number of hydrogen-bond donors (Lipinski definition) is 0. The second kappa shape index (κ2) is 9.20. The quantitative estimate of drug-likeness (QED) is 0.273. The molecule has 21 heavy (non-hydrogen) atoms. The van der Waals surface area contributed by atoms with Gasteiger partial charge in [0.25, 0.3) is 5.69 Å². The van der Waals surface area contributed by atoms with Crippen molar-refractivity contribution in [2.75, 3.05) is 6.61 Å². The first-order valence-electron chi connectivity index (χ1n) is 6.34. The molecule has 0 fully saturated rings. The zero-order valence-electron chi connectivity index (χ0n) is 12.1. The molecule has 0 amide bonds. The van der Waals surface area contributed by atoms with E-state index < -0.39 is 23.1 Å². The first-order valence-corrected chi connectivity index (χ1v) is 6.34. The molecule has 0 aliphatic carbocycles. The van der Waals surface area contributed by atoms with E-state index in [0.717, 1.165) is 6.07 Å². The third-order valence-corrected chi connectivity index (χ3v) is 2.25. The molecule has 0 N–H and O–H groups in total. The van der Waals surface area contributed by atoms with Crippen LogP contribution in [-0.2, 0) is 20.7 Å². The zero-order chi connectivity index (χ0) is 16.4. The topological polar surface area (TPSA) is 90.9 Å². The molecule has 0 aromatic heterocycles. The number of ketones is 1. The van der Waals surface area contributed by atoms with E-state index in [-0.39, 0.29) is 23.5 Å². The fraction of sp³-hybridized carbons (Fsp3) is 0.357. The average molecular weight is 292 g/mol. The smallest absolute Gasteiger partial charge is 0.374 e. The molecule has 7 heteroatoms. The van der Waals surface area contributed by atoms with Gasteiger partial charge < -0.3 is 4.74 Å². The molecule has 7 nitrogen and oxygen atoms in total. The highest BCUT2D eigenvalue weighted by Crippen LogP contribution is 2.25. The first-order chi connectivity index (χ1) is 9.99. The minimum Gasteiger partial charge on any atom is -0.460 e. The fourth-order valence-electron chi connectivity index (χ4n) is 1.40. The van der Waals surface area contributed by atoms with Crippen LogP contribution in [0.15, 0.2) is 18.2 Å². The number of Topliss-reactive ketones (excluding diaryl/α,β-unsaturated/α-hetero) is 1. The summed E-state index contributed by atoms with van der Waals surface area (Å²) in [6.45, 7) is 12.4. The largest absolute Gasteiger partial charge is 0.460 e. The van der Waals surface area contributed by atoms with Gasteiger partial charge in [0.05, 0.1) is 18.1 Å². The third kappa shape index (κ3) is 5.40. The highest BCUT2D eigenvalue weighted by Gasteiger charge is 2.21. The predicted molar refractivity (Wildman–Crippen MR) is 76.1 cm³/mol. The maximum Gasteiger partial charge on any atom is 0.374 e. The molecule has 0 radical (unpaired) electrons. The molecule has 0 aliphatic heterocycles. The predicted octanol–water partition coefficient (Wildman–Crippen LogP) is 2.85. The van der Waals surface area contributed by atoms with Gasteiger partial charge in [-0.15, -0.1) is 0 Å². The molecular weight excluding hydrogens is 276 g/mol. The van der Waals surface area contributed by atoms with Crippen molar-refractivity contribution in [3.8, 4) is 0 Å². The van der Waals surface area contributed by atoms with Crippen LogP contribution in [0.2, 0.25) is 0 Å². The summed E-state index contributed by atoms with van der Waals surface area (Å²) >= 11 is 0. The van der Waals surface area contributed by atoms with Gasteiger partial charge in [-0.25, -0.2) is 9.64 Å². The SMILES string of the molecule is CC.[C-]#[N+]c1ccc(CC(=O)C(=O)OCC)c([N+](=O)[O-])c1. The monoisotopic (exact) mass is 292 g/mol. The van der Waals surface area contributed by atoms with E-state index in [9.17, 15) is 19.7 Å². The van der Waals surface area contributed by atoms with Crippen molar-refractivity contribution in [2.24, 2.45) is 0 Å². The van der Waals surface area contributed by atoms with Crippen LogP contribution < -0.4 is 0 Å². The van der Waals surface area contributed by atoms with E-state index in [0.29, 0.717) is 0 Å². The lowest BCUT2D eigenvalue weighted by Gasteiger charge is -2.03. The van der Waals surface area contributed by atoms with Gasteiger partial charge in [0.2, 0.25) is 5.78 Å². The van der Waals surface area contributed by atoms with Gasteiger partial charge in [-0.05, 0) is 6.92 Å². The van der Waals surface area contributed by atoms with E-state index in [2.05, 4.69) is 9.58 Å². The van der Waals surface area contributed by atoms with Crippen molar-refractivity contribution in [3.63, 3.8) is 0 Å². The van der Waals surface area contributed by atoms with Gasteiger partial charge >= 0.3 is 5.97 Å². The Morgan fingerprint density at radius 1 is 1.38 bits per heavy atom. The van der Waals surface area contributed by atoms with Gasteiger partial charge in [0.15, 0.2) is 5.69 Å². The standard InChI is InChI=1S/C12H10N2O5.C2H6/c1-3-19-12(16)11(15)6-8-4-5-9(13-2)7-10(8)14(17)18;1-2/h4-5,7H,3,6H2,1H3;1-2H3. The van der Waals surface area contributed by atoms with Crippen LogP contribution in [0.1, 0.15) is 26.3 Å². The third-order valence-electron chi connectivity index (χ3n) is 2.25. The van der Waals surface area contributed by atoms with Crippen LogP contribution in [0.5, 0.6) is 0 Å². The molecule has 0 heterocycles. The Kier molecular flexibility index (Phi) is 8.00. The van der Waals surface area contributed by atoms with Crippen LogP contribution in [0.3, 0.4) is 0 Å². The van der Waals surface area contributed by atoms with Gasteiger partial charge in [-0.2, -0.15) is 0 Å².